The molecule has 138 valence electrons. The first-order valence-electron chi connectivity index (χ1n) is 9.45. The fourth-order valence-electron chi connectivity index (χ4n) is 3.63. The first-order chi connectivity index (χ1) is 13.3. The van der Waals surface area contributed by atoms with Gasteiger partial charge in [0.25, 0.3) is 0 Å². The average molecular weight is 360 g/mol. The van der Waals surface area contributed by atoms with Gasteiger partial charge < -0.3 is 10.6 Å². The lowest BCUT2D eigenvalue weighted by Gasteiger charge is -2.32. The van der Waals surface area contributed by atoms with Gasteiger partial charge in [-0.1, -0.05) is 48.5 Å². The number of nitrogens with zero attached hydrogens (tertiary/aromatic N) is 2. The number of piperidine rings is 1. The quantitative estimate of drug-likeness (QED) is 0.739. The molecule has 2 aromatic carbocycles. The van der Waals surface area contributed by atoms with Crippen molar-refractivity contribution in [3.8, 4) is 0 Å². The van der Waals surface area contributed by atoms with E-state index in [-0.39, 0.29) is 12.1 Å². The number of anilines is 1. The molecule has 1 fully saturated rings. The fourth-order valence-corrected chi connectivity index (χ4v) is 3.63. The molecule has 5 heteroatoms. The van der Waals surface area contributed by atoms with Crippen LogP contribution in [-0.2, 0) is 6.54 Å². The van der Waals surface area contributed by atoms with E-state index in [0.29, 0.717) is 0 Å². The molecule has 2 N–H and O–H groups in total. The van der Waals surface area contributed by atoms with Crippen molar-refractivity contribution in [1.29, 1.82) is 0 Å². The minimum atomic E-state index is -0.158. The van der Waals surface area contributed by atoms with Gasteiger partial charge in [-0.15, -0.1) is 0 Å². The van der Waals surface area contributed by atoms with Crippen LogP contribution in [0.1, 0.15) is 18.4 Å². The monoisotopic (exact) mass is 360 g/mol. The molecule has 27 heavy (non-hydrogen) atoms. The summed E-state index contributed by atoms with van der Waals surface area (Å²) in [7, 11) is 0. The van der Waals surface area contributed by atoms with Crippen LogP contribution in [0.25, 0.3) is 10.9 Å². The van der Waals surface area contributed by atoms with Crippen LogP contribution in [0, 0.1) is 0 Å². The first kappa shape index (κ1) is 17.5. The highest BCUT2D eigenvalue weighted by molar-refractivity contribution is 5.99. The lowest BCUT2D eigenvalue weighted by atomic mass is 10.0. The Balaban J connectivity index is 1.29. The molecular weight excluding hydrogens is 336 g/mol. The number of benzene rings is 2. The molecule has 2 amide bonds. The third kappa shape index (κ3) is 4.44. The molecule has 0 saturated carbocycles. The highest BCUT2D eigenvalue weighted by atomic mass is 16.2. The molecule has 5 nitrogen and oxygen atoms in total. The Bertz CT molecular complexity index is 899. The van der Waals surface area contributed by atoms with Crippen LogP contribution < -0.4 is 10.6 Å². The second-order valence-electron chi connectivity index (χ2n) is 7.02. The Hall–Kier alpha value is -2.92. The zero-order chi connectivity index (χ0) is 18.5. The number of aromatic nitrogens is 1. The summed E-state index contributed by atoms with van der Waals surface area (Å²) in [5.74, 6) is 0. The van der Waals surface area contributed by atoms with Crippen molar-refractivity contribution in [3.05, 3.63) is 72.4 Å². The molecule has 1 aliphatic heterocycles. The maximum Gasteiger partial charge on any atom is 0.319 e. The third-order valence-corrected chi connectivity index (χ3v) is 5.05. The summed E-state index contributed by atoms with van der Waals surface area (Å²) >= 11 is 0. The lowest BCUT2D eigenvalue weighted by molar-refractivity contribution is 0.190. The van der Waals surface area contributed by atoms with Crippen LogP contribution in [0.2, 0.25) is 0 Å². The molecule has 1 aliphatic rings. The van der Waals surface area contributed by atoms with E-state index in [0.717, 1.165) is 49.1 Å². The number of carbonyl (C=O) groups excluding carboxylic acids is 1. The number of rotatable bonds is 4. The van der Waals surface area contributed by atoms with Gasteiger partial charge in [-0.25, -0.2) is 4.79 Å². The van der Waals surface area contributed by atoms with Crippen LogP contribution in [0.3, 0.4) is 0 Å². The Labute approximate surface area is 159 Å². The van der Waals surface area contributed by atoms with E-state index in [2.05, 4.69) is 44.8 Å². The number of para-hydroxylation sites is 1. The Kier molecular flexibility index (Phi) is 5.30. The summed E-state index contributed by atoms with van der Waals surface area (Å²) in [5, 5.41) is 7.09. The van der Waals surface area contributed by atoms with Gasteiger partial charge in [-0.2, -0.15) is 0 Å². The Morgan fingerprint density at radius 3 is 2.59 bits per heavy atom. The topological polar surface area (TPSA) is 57.3 Å². The minimum absolute atomic E-state index is 0.158. The predicted octanol–water partition coefficient (Wildman–Crippen LogP) is 4.02. The van der Waals surface area contributed by atoms with Crippen LogP contribution in [0.5, 0.6) is 0 Å². The molecule has 0 spiro atoms. The highest BCUT2D eigenvalue weighted by Gasteiger charge is 2.21. The molecule has 0 bridgehead atoms. The zero-order valence-electron chi connectivity index (χ0n) is 15.3. The number of fused-ring (bicyclic) bond motifs is 1. The molecule has 1 aromatic heterocycles. The van der Waals surface area contributed by atoms with Crippen molar-refractivity contribution < 1.29 is 4.79 Å². The number of amides is 2. The summed E-state index contributed by atoms with van der Waals surface area (Å²) < 4.78 is 0. The van der Waals surface area contributed by atoms with Crippen molar-refractivity contribution in [2.75, 3.05) is 18.4 Å². The molecule has 2 heterocycles. The summed E-state index contributed by atoms with van der Waals surface area (Å²) in [6.07, 6.45) is 3.68. The van der Waals surface area contributed by atoms with Crippen molar-refractivity contribution >= 4 is 22.6 Å². The van der Waals surface area contributed by atoms with Crippen molar-refractivity contribution in [1.82, 2.24) is 15.2 Å². The minimum Gasteiger partial charge on any atom is -0.335 e. The van der Waals surface area contributed by atoms with E-state index < -0.39 is 0 Å². The summed E-state index contributed by atoms with van der Waals surface area (Å²) in [6, 6.07) is 20.3. The Morgan fingerprint density at radius 1 is 1.00 bits per heavy atom. The van der Waals surface area contributed by atoms with E-state index in [1.165, 1.54) is 5.56 Å². The molecule has 0 unspecified atom stereocenters. The smallest absolute Gasteiger partial charge is 0.319 e. The third-order valence-electron chi connectivity index (χ3n) is 5.05. The van der Waals surface area contributed by atoms with Crippen molar-refractivity contribution in [3.63, 3.8) is 0 Å². The van der Waals surface area contributed by atoms with Crippen LogP contribution in [0.15, 0.2) is 66.9 Å². The number of nitrogens with one attached hydrogen (secondary N) is 2. The maximum atomic E-state index is 12.4. The van der Waals surface area contributed by atoms with Crippen LogP contribution >= 0.6 is 0 Å². The molecular formula is C22H24N4O. The maximum absolute atomic E-state index is 12.4. The molecule has 1 saturated heterocycles. The Morgan fingerprint density at radius 2 is 1.78 bits per heavy atom. The second-order valence-corrected chi connectivity index (χ2v) is 7.02. The predicted molar refractivity (Wildman–Crippen MR) is 109 cm³/mol. The van der Waals surface area contributed by atoms with Crippen molar-refractivity contribution in [2.24, 2.45) is 0 Å². The van der Waals surface area contributed by atoms with Crippen LogP contribution in [0.4, 0.5) is 10.5 Å². The largest absolute Gasteiger partial charge is 0.335 e. The first-order valence-corrected chi connectivity index (χ1v) is 9.45. The highest BCUT2D eigenvalue weighted by Crippen LogP contribution is 2.21. The summed E-state index contributed by atoms with van der Waals surface area (Å²) in [6.45, 7) is 2.97. The number of hydrogen-bond donors (Lipinski definition) is 2. The van der Waals surface area contributed by atoms with Gasteiger partial charge in [-0.3, -0.25) is 9.88 Å². The van der Waals surface area contributed by atoms with E-state index >= 15 is 0 Å². The molecule has 0 atom stereocenters. The van der Waals surface area contributed by atoms with E-state index in [9.17, 15) is 4.79 Å². The summed E-state index contributed by atoms with van der Waals surface area (Å²) in [4.78, 5) is 19.3. The lowest BCUT2D eigenvalue weighted by Crippen LogP contribution is -2.45. The van der Waals surface area contributed by atoms with Crippen molar-refractivity contribution in [2.45, 2.75) is 25.4 Å². The normalized spacial score (nSPS) is 15.6. The number of likely N-dealkylation sites (tertiary alicyclic amines) is 1. The van der Waals surface area contributed by atoms with Crippen LogP contribution in [-0.4, -0.2) is 35.0 Å². The van der Waals surface area contributed by atoms with E-state index in [1.54, 1.807) is 6.20 Å². The van der Waals surface area contributed by atoms with Gasteiger partial charge in [0.2, 0.25) is 0 Å². The standard InChI is InChI=1S/C22H24N4O/c27-22(25-20-10-4-8-18-9-5-13-23-21(18)20)24-19-11-14-26(15-12-19)16-17-6-2-1-3-7-17/h1-10,13,19H,11-12,14-16H2,(H2,24,25,27). The van der Waals surface area contributed by atoms with Gasteiger partial charge in [0.05, 0.1) is 11.2 Å². The molecule has 0 aliphatic carbocycles. The number of carbonyl (C=O) groups is 1. The number of hydrogen-bond acceptors (Lipinski definition) is 3. The van der Waals surface area contributed by atoms with Gasteiger partial charge in [-0.05, 0) is 30.5 Å². The number of pyridine rings is 1. The van der Waals surface area contributed by atoms with Gasteiger partial charge in [0.1, 0.15) is 0 Å². The van der Waals surface area contributed by atoms with E-state index in [1.807, 2.05) is 36.4 Å². The van der Waals surface area contributed by atoms with Gasteiger partial charge in [0.15, 0.2) is 0 Å². The SMILES string of the molecule is O=C(Nc1cccc2cccnc12)NC1CCN(Cc2ccccc2)CC1. The second kappa shape index (κ2) is 8.18. The van der Waals surface area contributed by atoms with Gasteiger partial charge >= 0.3 is 6.03 Å². The molecule has 0 radical (unpaired) electrons. The molecule has 3 aromatic rings. The molecule has 4 rings (SSSR count). The zero-order valence-corrected chi connectivity index (χ0v) is 15.3. The van der Waals surface area contributed by atoms with E-state index in [4.69, 9.17) is 0 Å². The summed E-state index contributed by atoms with van der Waals surface area (Å²) in [5.41, 5.74) is 2.89. The fraction of sp³-hybridized carbons (Fsp3) is 0.273. The number of urea groups is 1. The van der Waals surface area contributed by atoms with Gasteiger partial charge in [0, 0.05) is 37.3 Å². The average Bonchev–Trinajstić information content (AvgIpc) is 2.71.